The molecular weight excluding hydrogens is 252 g/mol. The lowest BCUT2D eigenvalue weighted by atomic mass is 10.3. The van der Waals surface area contributed by atoms with E-state index in [1.165, 1.54) is 0 Å². The summed E-state index contributed by atoms with van der Waals surface area (Å²) in [6.45, 7) is 0.584. The summed E-state index contributed by atoms with van der Waals surface area (Å²) in [6, 6.07) is 4.90. The molecule has 2 nitrogen and oxygen atoms in total. The van der Waals surface area contributed by atoms with Crippen LogP contribution in [-0.2, 0) is 0 Å². The second kappa shape index (κ2) is 6.74. The van der Waals surface area contributed by atoms with Crippen molar-refractivity contribution in [3.05, 3.63) is 40.1 Å². The highest BCUT2D eigenvalue weighted by atomic mass is 35.5. The van der Waals surface area contributed by atoms with E-state index in [-0.39, 0.29) is 6.61 Å². The van der Waals surface area contributed by atoms with Crippen LogP contribution in [0.25, 0.3) is 0 Å². The molecule has 0 aromatic heterocycles. The van der Waals surface area contributed by atoms with Crippen LogP contribution in [0.1, 0.15) is 0 Å². The molecule has 0 aliphatic rings. The molecular formula is C11H12Cl2FNO. The molecule has 88 valence electrons. The van der Waals surface area contributed by atoms with Gasteiger partial charge in [-0.15, -0.1) is 0 Å². The van der Waals surface area contributed by atoms with Crippen molar-refractivity contribution in [1.82, 2.24) is 5.32 Å². The minimum atomic E-state index is 0.151. The fourth-order valence-corrected chi connectivity index (χ4v) is 1.57. The molecule has 0 atom stereocenters. The number of benzene rings is 1. The summed E-state index contributed by atoms with van der Waals surface area (Å²) < 4.78 is 17.7. The second-order valence-corrected chi connectivity index (χ2v) is 4.00. The van der Waals surface area contributed by atoms with E-state index in [1.54, 1.807) is 25.2 Å². The molecule has 0 aliphatic heterocycles. The van der Waals surface area contributed by atoms with E-state index in [9.17, 15) is 4.39 Å². The number of likely N-dealkylation sites (N-methyl/N-ethyl adjacent to an activating group) is 1. The summed E-state index contributed by atoms with van der Waals surface area (Å²) in [5.74, 6) is 0.488. The number of rotatable bonds is 5. The van der Waals surface area contributed by atoms with Gasteiger partial charge in [0, 0.05) is 17.1 Å². The SMILES string of the molecule is CNC/C(=C/F)COc1ccc(Cl)cc1Cl. The quantitative estimate of drug-likeness (QED) is 0.879. The molecule has 0 spiro atoms. The molecule has 0 amide bonds. The highest BCUT2D eigenvalue weighted by Gasteiger charge is 2.04. The van der Waals surface area contributed by atoms with Gasteiger partial charge in [-0.2, -0.15) is 0 Å². The van der Waals surface area contributed by atoms with Gasteiger partial charge in [0.05, 0.1) is 11.4 Å². The van der Waals surface area contributed by atoms with E-state index in [1.807, 2.05) is 0 Å². The highest BCUT2D eigenvalue weighted by molar-refractivity contribution is 6.35. The largest absolute Gasteiger partial charge is 0.488 e. The maximum Gasteiger partial charge on any atom is 0.138 e. The van der Waals surface area contributed by atoms with Gasteiger partial charge in [0.2, 0.25) is 0 Å². The first-order chi connectivity index (χ1) is 7.67. The summed E-state index contributed by atoms with van der Waals surface area (Å²) in [5.41, 5.74) is 0.508. The third-order valence-corrected chi connectivity index (χ3v) is 2.40. The van der Waals surface area contributed by atoms with Crippen LogP contribution >= 0.6 is 23.2 Å². The van der Waals surface area contributed by atoms with Crippen molar-refractivity contribution in [1.29, 1.82) is 0 Å². The van der Waals surface area contributed by atoms with Crippen LogP contribution in [0.3, 0.4) is 0 Å². The van der Waals surface area contributed by atoms with Crippen LogP contribution in [-0.4, -0.2) is 20.2 Å². The number of hydrogen-bond donors (Lipinski definition) is 1. The van der Waals surface area contributed by atoms with Gasteiger partial charge in [-0.1, -0.05) is 23.2 Å². The lowest BCUT2D eigenvalue weighted by molar-refractivity contribution is 0.346. The Balaban J connectivity index is 2.60. The average Bonchev–Trinajstić information content (AvgIpc) is 2.26. The van der Waals surface area contributed by atoms with E-state index in [2.05, 4.69) is 5.32 Å². The Morgan fingerprint density at radius 2 is 2.25 bits per heavy atom. The van der Waals surface area contributed by atoms with Gasteiger partial charge in [0.25, 0.3) is 0 Å². The summed E-state index contributed by atoms with van der Waals surface area (Å²) in [5, 5.41) is 3.78. The van der Waals surface area contributed by atoms with Crippen molar-refractivity contribution in [3.8, 4) is 5.75 Å². The van der Waals surface area contributed by atoms with Crippen LogP contribution in [0.4, 0.5) is 4.39 Å². The third kappa shape index (κ3) is 4.00. The van der Waals surface area contributed by atoms with Crippen molar-refractivity contribution in [2.24, 2.45) is 0 Å². The minimum absolute atomic E-state index is 0.151. The van der Waals surface area contributed by atoms with Crippen molar-refractivity contribution < 1.29 is 9.13 Å². The summed E-state index contributed by atoms with van der Waals surface area (Å²) in [4.78, 5) is 0. The number of halogens is 3. The molecule has 1 rings (SSSR count). The predicted molar refractivity (Wildman–Crippen MR) is 65.1 cm³/mol. The Morgan fingerprint density at radius 1 is 1.50 bits per heavy atom. The Labute approximate surface area is 104 Å². The first-order valence-corrected chi connectivity index (χ1v) is 5.43. The molecule has 1 aromatic rings. The van der Waals surface area contributed by atoms with E-state index in [4.69, 9.17) is 27.9 Å². The molecule has 0 saturated carbocycles. The Kier molecular flexibility index (Phi) is 5.60. The van der Waals surface area contributed by atoms with Gasteiger partial charge in [0.15, 0.2) is 0 Å². The molecule has 5 heteroatoms. The fraction of sp³-hybridized carbons (Fsp3) is 0.273. The molecule has 0 unspecified atom stereocenters. The van der Waals surface area contributed by atoms with Gasteiger partial charge in [-0.05, 0) is 25.2 Å². The molecule has 0 bridgehead atoms. The fourth-order valence-electron chi connectivity index (χ4n) is 1.11. The lowest BCUT2D eigenvalue weighted by Gasteiger charge is -2.09. The monoisotopic (exact) mass is 263 g/mol. The van der Waals surface area contributed by atoms with Gasteiger partial charge >= 0.3 is 0 Å². The first kappa shape index (κ1) is 13.3. The predicted octanol–water partition coefficient (Wildman–Crippen LogP) is 3.45. The van der Waals surface area contributed by atoms with Crippen molar-refractivity contribution in [2.75, 3.05) is 20.2 Å². The maximum atomic E-state index is 12.4. The van der Waals surface area contributed by atoms with Crippen molar-refractivity contribution >= 4 is 23.2 Å². The van der Waals surface area contributed by atoms with Gasteiger partial charge < -0.3 is 10.1 Å². The zero-order valence-corrected chi connectivity index (χ0v) is 10.3. The van der Waals surface area contributed by atoms with Gasteiger partial charge in [-0.3, -0.25) is 0 Å². The van der Waals surface area contributed by atoms with Gasteiger partial charge in [-0.25, -0.2) is 4.39 Å². The normalized spacial score (nSPS) is 11.6. The van der Waals surface area contributed by atoms with Crippen LogP contribution in [0.5, 0.6) is 5.75 Å². The average molecular weight is 264 g/mol. The smallest absolute Gasteiger partial charge is 0.138 e. The van der Waals surface area contributed by atoms with E-state index in [0.717, 1.165) is 0 Å². The van der Waals surface area contributed by atoms with Crippen LogP contribution < -0.4 is 10.1 Å². The summed E-state index contributed by atoms with van der Waals surface area (Å²) in [6.07, 6.45) is 0.528. The number of nitrogens with one attached hydrogen (secondary N) is 1. The molecule has 0 saturated heterocycles. The van der Waals surface area contributed by atoms with Crippen LogP contribution in [0.15, 0.2) is 30.1 Å². The molecule has 16 heavy (non-hydrogen) atoms. The zero-order valence-electron chi connectivity index (χ0n) is 8.77. The summed E-state index contributed by atoms with van der Waals surface area (Å²) in [7, 11) is 1.73. The maximum absolute atomic E-state index is 12.4. The second-order valence-electron chi connectivity index (χ2n) is 3.16. The zero-order chi connectivity index (χ0) is 12.0. The number of ether oxygens (including phenoxy) is 1. The van der Waals surface area contributed by atoms with E-state index in [0.29, 0.717) is 34.2 Å². The highest BCUT2D eigenvalue weighted by Crippen LogP contribution is 2.27. The molecule has 1 aromatic carbocycles. The topological polar surface area (TPSA) is 21.3 Å². The molecule has 0 aliphatic carbocycles. The third-order valence-electron chi connectivity index (χ3n) is 1.87. The first-order valence-electron chi connectivity index (χ1n) is 4.68. The summed E-state index contributed by atoms with van der Waals surface area (Å²) >= 11 is 11.6. The Morgan fingerprint density at radius 3 is 2.81 bits per heavy atom. The molecule has 0 radical (unpaired) electrons. The molecule has 1 N–H and O–H groups in total. The van der Waals surface area contributed by atoms with E-state index >= 15 is 0 Å². The Bertz CT molecular complexity index is 382. The van der Waals surface area contributed by atoms with Crippen molar-refractivity contribution in [2.45, 2.75) is 0 Å². The van der Waals surface area contributed by atoms with Crippen LogP contribution in [0, 0.1) is 0 Å². The number of hydrogen-bond acceptors (Lipinski definition) is 2. The van der Waals surface area contributed by atoms with E-state index < -0.39 is 0 Å². The lowest BCUT2D eigenvalue weighted by Crippen LogP contribution is -2.15. The van der Waals surface area contributed by atoms with Gasteiger partial charge in [0.1, 0.15) is 12.4 Å². The van der Waals surface area contributed by atoms with Crippen molar-refractivity contribution in [3.63, 3.8) is 0 Å². The standard InChI is InChI=1S/C11H12Cl2FNO/c1-15-6-8(5-14)7-16-11-3-2-9(12)4-10(11)13/h2-5,15H,6-7H2,1H3/b8-5-. The Hall–Kier alpha value is -0.770. The van der Waals surface area contributed by atoms with Crippen LogP contribution in [0.2, 0.25) is 10.0 Å². The molecule has 0 fully saturated rings. The minimum Gasteiger partial charge on any atom is -0.488 e. The molecule has 0 heterocycles.